The van der Waals surface area contributed by atoms with Gasteiger partial charge in [-0.3, -0.25) is 4.79 Å². The molecule has 0 aliphatic carbocycles. The maximum Gasteiger partial charge on any atom is 0.335 e. The topological polar surface area (TPSA) is 70.5 Å². The lowest BCUT2D eigenvalue weighted by molar-refractivity contribution is 0.0594. The number of piperidine rings is 1. The third kappa shape index (κ3) is 3.60. The number of pyridine rings is 1. The van der Waals surface area contributed by atoms with Crippen molar-refractivity contribution in [2.75, 3.05) is 6.54 Å². The van der Waals surface area contributed by atoms with Crippen molar-refractivity contribution in [2.24, 2.45) is 0 Å². The number of hydrogen-bond acceptors (Lipinski definition) is 3. The van der Waals surface area contributed by atoms with Crippen LogP contribution in [0.5, 0.6) is 0 Å². The van der Waals surface area contributed by atoms with Crippen LogP contribution in [-0.2, 0) is 0 Å². The van der Waals surface area contributed by atoms with E-state index < -0.39 is 5.97 Å². The molecule has 1 unspecified atom stereocenters. The fourth-order valence-electron chi connectivity index (χ4n) is 2.95. The van der Waals surface area contributed by atoms with Gasteiger partial charge < -0.3 is 10.0 Å². The van der Waals surface area contributed by atoms with Crippen molar-refractivity contribution >= 4 is 11.9 Å². The van der Waals surface area contributed by atoms with Gasteiger partial charge in [-0.2, -0.15) is 0 Å². The van der Waals surface area contributed by atoms with Crippen molar-refractivity contribution in [3.05, 3.63) is 29.1 Å². The first kappa shape index (κ1) is 15.5. The summed E-state index contributed by atoms with van der Waals surface area (Å²) in [5.74, 6) is -1.17. The molecular formula is C16H22N2O3. The predicted molar refractivity (Wildman–Crippen MR) is 79.5 cm³/mol. The summed E-state index contributed by atoms with van der Waals surface area (Å²) >= 11 is 0. The lowest BCUT2D eigenvalue weighted by Gasteiger charge is -2.35. The highest BCUT2D eigenvalue weighted by atomic mass is 16.4. The highest BCUT2D eigenvalue weighted by molar-refractivity contribution is 5.96. The summed E-state index contributed by atoms with van der Waals surface area (Å²) in [4.78, 5) is 29.9. The number of likely N-dealkylation sites (tertiary alicyclic amines) is 1. The smallest absolute Gasteiger partial charge is 0.335 e. The Morgan fingerprint density at radius 2 is 2.14 bits per heavy atom. The Bertz CT molecular complexity index is 540. The third-order valence-corrected chi connectivity index (χ3v) is 3.93. The Hall–Kier alpha value is -1.91. The highest BCUT2D eigenvalue weighted by Gasteiger charge is 2.28. The van der Waals surface area contributed by atoms with Crippen molar-refractivity contribution in [2.45, 2.75) is 52.0 Å². The number of aryl methyl sites for hydroxylation is 1. The number of aromatic carboxylic acids is 1. The number of amides is 1. The molecule has 1 aliphatic rings. The fraction of sp³-hybridized carbons (Fsp3) is 0.562. The van der Waals surface area contributed by atoms with Gasteiger partial charge in [0.2, 0.25) is 0 Å². The van der Waals surface area contributed by atoms with E-state index in [1.54, 1.807) is 6.92 Å². The van der Waals surface area contributed by atoms with Crippen LogP contribution in [0.1, 0.15) is 65.6 Å². The van der Waals surface area contributed by atoms with Crippen molar-refractivity contribution in [3.63, 3.8) is 0 Å². The Morgan fingerprint density at radius 1 is 1.38 bits per heavy atom. The first-order valence-corrected chi connectivity index (χ1v) is 7.56. The molecule has 2 heterocycles. The minimum atomic E-state index is -1.03. The van der Waals surface area contributed by atoms with Crippen LogP contribution in [0, 0.1) is 6.92 Å². The second-order valence-electron chi connectivity index (χ2n) is 5.62. The molecule has 1 amide bonds. The van der Waals surface area contributed by atoms with E-state index in [1.165, 1.54) is 12.1 Å². The molecule has 0 saturated carbocycles. The van der Waals surface area contributed by atoms with Crippen LogP contribution in [0.25, 0.3) is 0 Å². The van der Waals surface area contributed by atoms with Gasteiger partial charge >= 0.3 is 5.97 Å². The summed E-state index contributed by atoms with van der Waals surface area (Å²) in [6.07, 6.45) is 5.20. The largest absolute Gasteiger partial charge is 0.478 e. The number of nitrogens with zero attached hydrogens (tertiary/aromatic N) is 2. The van der Waals surface area contributed by atoms with E-state index in [-0.39, 0.29) is 23.2 Å². The molecule has 5 nitrogen and oxygen atoms in total. The van der Waals surface area contributed by atoms with Gasteiger partial charge in [-0.05, 0) is 44.7 Å². The molecular weight excluding hydrogens is 268 g/mol. The van der Waals surface area contributed by atoms with E-state index in [9.17, 15) is 9.59 Å². The molecule has 0 radical (unpaired) electrons. The third-order valence-electron chi connectivity index (χ3n) is 3.93. The van der Waals surface area contributed by atoms with Crippen LogP contribution in [0.2, 0.25) is 0 Å². The lowest BCUT2D eigenvalue weighted by Crippen LogP contribution is -2.44. The summed E-state index contributed by atoms with van der Waals surface area (Å²) in [6.45, 7) is 4.56. The van der Waals surface area contributed by atoms with Crippen LogP contribution in [-0.4, -0.2) is 39.5 Å². The molecule has 1 N–H and O–H groups in total. The Morgan fingerprint density at radius 3 is 2.81 bits per heavy atom. The number of carbonyl (C=O) groups excluding carboxylic acids is 1. The summed E-state index contributed by atoms with van der Waals surface area (Å²) in [5, 5.41) is 9.11. The number of hydrogen-bond donors (Lipinski definition) is 1. The minimum absolute atomic E-state index is 0.120. The zero-order valence-electron chi connectivity index (χ0n) is 12.6. The minimum Gasteiger partial charge on any atom is -0.478 e. The monoisotopic (exact) mass is 290 g/mol. The van der Waals surface area contributed by atoms with Gasteiger partial charge in [0, 0.05) is 18.3 Å². The molecule has 0 spiro atoms. The molecule has 114 valence electrons. The second-order valence-corrected chi connectivity index (χ2v) is 5.62. The SMILES string of the molecule is CCCC1CCCCN1C(=O)c1cc(C(=O)O)cc(C)n1. The molecule has 1 saturated heterocycles. The maximum absolute atomic E-state index is 12.7. The molecule has 21 heavy (non-hydrogen) atoms. The molecule has 5 heteroatoms. The lowest BCUT2D eigenvalue weighted by atomic mass is 9.97. The molecule has 1 aromatic rings. The predicted octanol–water partition coefficient (Wildman–Crippen LogP) is 2.88. The van der Waals surface area contributed by atoms with Gasteiger partial charge in [-0.15, -0.1) is 0 Å². The number of carboxylic acid groups (broad SMARTS) is 1. The van der Waals surface area contributed by atoms with Crippen LogP contribution in [0.4, 0.5) is 0 Å². The van der Waals surface area contributed by atoms with Crippen LogP contribution < -0.4 is 0 Å². The zero-order chi connectivity index (χ0) is 15.4. The number of carboxylic acids is 1. The standard InChI is InChI=1S/C16H22N2O3/c1-3-6-13-7-4-5-8-18(13)15(19)14-10-12(16(20)21)9-11(2)17-14/h9-10,13H,3-8H2,1-2H3,(H,20,21). The van der Waals surface area contributed by atoms with E-state index in [4.69, 9.17) is 5.11 Å². The summed E-state index contributed by atoms with van der Waals surface area (Å²) < 4.78 is 0. The molecule has 0 aromatic carbocycles. The van der Waals surface area contributed by atoms with E-state index in [2.05, 4.69) is 11.9 Å². The Kier molecular flexibility index (Phi) is 4.94. The van der Waals surface area contributed by atoms with Gasteiger partial charge in [0.1, 0.15) is 5.69 Å². The van der Waals surface area contributed by atoms with Crippen LogP contribution in [0.15, 0.2) is 12.1 Å². The number of aromatic nitrogens is 1. The highest BCUT2D eigenvalue weighted by Crippen LogP contribution is 2.23. The van der Waals surface area contributed by atoms with E-state index in [1.807, 2.05) is 4.90 Å². The Labute approximate surface area is 125 Å². The van der Waals surface area contributed by atoms with Crippen molar-refractivity contribution in [1.82, 2.24) is 9.88 Å². The van der Waals surface area contributed by atoms with Crippen molar-refractivity contribution in [3.8, 4) is 0 Å². The normalized spacial score (nSPS) is 18.6. The van der Waals surface area contributed by atoms with Gasteiger partial charge in [0.15, 0.2) is 0 Å². The van der Waals surface area contributed by atoms with E-state index in [0.29, 0.717) is 5.69 Å². The van der Waals surface area contributed by atoms with Crippen molar-refractivity contribution in [1.29, 1.82) is 0 Å². The maximum atomic E-state index is 12.7. The quantitative estimate of drug-likeness (QED) is 0.925. The van der Waals surface area contributed by atoms with Crippen LogP contribution in [0.3, 0.4) is 0 Å². The number of carbonyl (C=O) groups is 2. The van der Waals surface area contributed by atoms with Gasteiger partial charge in [0.25, 0.3) is 5.91 Å². The molecule has 1 atom stereocenters. The van der Waals surface area contributed by atoms with Gasteiger partial charge in [-0.1, -0.05) is 13.3 Å². The van der Waals surface area contributed by atoms with Gasteiger partial charge in [0.05, 0.1) is 5.56 Å². The van der Waals surface area contributed by atoms with E-state index in [0.717, 1.165) is 38.6 Å². The molecule has 1 aliphatic heterocycles. The zero-order valence-corrected chi connectivity index (χ0v) is 12.6. The fourth-order valence-corrected chi connectivity index (χ4v) is 2.95. The molecule has 1 aromatic heterocycles. The average molecular weight is 290 g/mol. The molecule has 0 bridgehead atoms. The van der Waals surface area contributed by atoms with Crippen LogP contribution >= 0.6 is 0 Å². The van der Waals surface area contributed by atoms with Gasteiger partial charge in [-0.25, -0.2) is 9.78 Å². The molecule has 2 rings (SSSR count). The average Bonchev–Trinajstić information content (AvgIpc) is 2.47. The van der Waals surface area contributed by atoms with E-state index >= 15 is 0 Å². The van der Waals surface area contributed by atoms with Crippen molar-refractivity contribution < 1.29 is 14.7 Å². The summed E-state index contributed by atoms with van der Waals surface area (Å²) in [5.41, 5.74) is 0.924. The number of rotatable bonds is 4. The first-order chi connectivity index (χ1) is 10.0. The second kappa shape index (κ2) is 6.70. The Balaban J connectivity index is 2.27. The summed E-state index contributed by atoms with van der Waals surface area (Å²) in [7, 11) is 0. The summed E-state index contributed by atoms with van der Waals surface area (Å²) in [6, 6.07) is 3.13. The molecule has 1 fully saturated rings. The first-order valence-electron chi connectivity index (χ1n) is 7.56.